The van der Waals surface area contributed by atoms with Crippen LogP contribution in [0.25, 0.3) is 10.4 Å². The Bertz CT molecular complexity index is 1220. The smallest absolute Gasteiger partial charge is 0.261 e. The minimum atomic E-state index is -0.909. The Hall–Kier alpha value is -3.01. The molecule has 1 saturated carbocycles. The lowest BCUT2D eigenvalue weighted by Gasteiger charge is -2.30. The summed E-state index contributed by atoms with van der Waals surface area (Å²) in [6, 6.07) is 12.3. The predicted octanol–water partition coefficient (Wildman–Crippen LogP) is 3.38. The molecule has 182 valence electrons. The average molecular weight is 492 g/mol. The number of aliphatic hydroxyl groups is 1. The van der Waals surface area contributed by atoms with Crippen LogP contribution in [0.15, 0.2) is 42.7 Å². The highest BCUT2D eigenvalue weighted by Gasteiger charge is 2.30. The molecular formula is C26H29N5O3S. The van der Waals surface area contributed by atoms with Crippen LogP contribution in [0.3, 0.4) is 0 Å². The highest BCUT2D eigenvalue weighted by molar-refractivity contribution is 7.17. The molecule has 9 heteroatoms. The molecule has 4 heterocycles. The van der Waals surface area contributed by atoms with Gasteiger partial charge in [-0.15, -0.1) is 11.3 Å². The van der Waals surface area contributed by atoms with Crippen molar-refractivity contribution in [2.24, 2.45) is 0 Å². The summed E-state index contributed by atoms with van der Waals surface area (Å²) in [4.78, 5) is 27.6. The molecule has 2 aliphatic heterocycles. The maximum Gasteiger partial charge on any atom is 0.261 e. The van der Waals surface area contributed by atoms with Gasteiger partial charge in [-0.3, -0.25) is 4.79 Å². The first-order valence-corrected chi connectivity index (χ1v) is 13.1. The molecule has 2 fully saturated rings. The summed E-state index contributed by atoms with van der Waals surface area (Å²) < 4.78 is 5.57. The Morgan fingerprint density at radius 3 is 2.91 bits per heavy atom. The molecule has 2 aromatic heterocycles. The number of carbonyl (C=O) groups is 1. The number of thiophene rings is 1. The van der Waals surface area contributed by atoms with Gasteiger partial charge in [0.1, 0.15) is 12.1 Å². The number of carbonyl (C=O) groups excluding carboxylic acids is 1. The van der Waals surface area contributed by atoms with Gasteiger partial charge in [-0.25, -0.2) is 9.97 Å². The largest absolute Gasteiger partial charge is 0.380 e. The van der Waals surface area contributed by atoms with Gasteiger partial charge in [0.2, 0.25) is 0 Å². The van der Waals surface area contributed by atoms with Crippen molar-refractivity contribution in [1.29, 1.82) is 0 Å². The Morgan fingerprint density at radius 1 is 1.14 bits per heavy atom. The SMILES string of the molecule is O=C(NC1CC1)c1cc2c(s1)-c1ccccc1N(C(O)c1cc(N3CCCOCC3)ncn1)CC2. The third-order valence-corrected chi connectivity index (χ3v) is 8.01. The van der Waals surface area contributed by atoms with Crippen LogP contribution >= 0.6 is 11.3 Å². The molecule has 1 amide bonds. The predicted molar refractivity (Wildman–Crippen MR) is 136 cm³/mol. The van der Waals surface area contributed by atoms with E-state index in [1.54, 1.807) is 0 Å². The van der Waals surface area contributed by atoms with E-state index in [1.807, 2.05) is 35.2 Å². The minimum Gasteiger partial charge on any atom is -0.380 e. The Morgan fingerprint density at radius 2 is 2.03 bits per heavy atom. The highest BCUT2D eigenvalue weighted by atomic mass is 32.1. The van der Waals surface area contributed by atoms with Crippen molar-refractivity contribution >= 4 is 28.7 Å². The van der Waals surface area contributed by atoms with Gasteiger partial charge >= 0.3 is 0 Å². The van der Waals surface area contributed by atoms with Crippen LogP contribution < -0.4 is 15.1 Å². The lowest BCUT2D eigenvalue weighted by Crippen LogP contribution is -2.32. The summed E-state index contributed by atoms with van der Waals surface area (Å²) in [5, 5.41) is 14.6. The molecule has 0 radical (unpaired) electrons. The number of hydrogen-bond donors (Lipinski definition) is 2. The number of para-hydroxylation sites is 1. The molecule has 0 spiro atoms. The fourth-order valence-corrected chi connectivity index (χ4v) is 5.93. The van der Waals surface area contributed by atoms with E-state index >= 15 is 0 Å². The number of aliphatic hydroxyl groups excluding tert-OH is 1. The van der Waals surface area contributed by atoms with E-state index in [9.17, 15) is 9.90 Å². The van der Waals surface area contributed by atoms with Crippen LogP contribution in [0, 0.1) is 0 Å². The number of hydrogen-bond acceptors (Lipinski definition) is 8. The van der Waals surface area contributed by atoms with Crippen molar-refractivity contribution in [3.63, 3.8) is 0 Å². The molecule has 1 atom stereocenters. The number of nitrogens with one attached hydrogen (secondary N) is 1. The molecule has 3 aliphatic rings. The van der Waals surface area contributed by atoms with Gasteiger partial charge in [0.15, 0.2) is 6.23 Å². The second-order valence-electron chi connectivity index (χ2n) is 9.30. The monoisotopic (exact) mass is 491 g/mol. The van der Waals surface area contributed by atoms with E-state index < -0.39 is 6.23 Å². The van der Waals surface area contributed by atoms with Gasteiger partial charge in [-0.1, -0.05) is 18.2 Å². The van der Waals surface area contributed by atoms with E-state index in [-0.39, 0.29) is 5.91 Å². The zero-order valence-corrected chi connectivity index (χ0v) is 20.3. The quantitative estimate of drug-likeness (QED) is 0.565. The number of anilines is 2. The molecule has 1 aliphatic carbocycles. The number of rotatable bonds is 5. The third kappa shape index (κ3) is 4.63. The molecule has 1 aromatic carbocycles. The Kier molecular flexibility index (Phi) is 6.13. The number of fused-ring (bicyclic) bond motifs is 3. The Balaban J connectivity index is 1.29. The van der Waals surface area contributed by atoms with Crippen molar-refractivity contribution in [2.75, 3.05) is 42.6 Å². The topological polar surface area (TPSA) is 90.8 Å². The molecular weight excluding hydrogens is 462 g/mol. The van der Waals surface area contributed by atoms with Crippen LogP contribution in [0.1, 0.15) is 46.4 Å². The normalized spacial score (nSPS) is 18.8. The van der Waals surface area contributed by atoms with Crippen molar-refractivity contribution < 1.29 is 14.6 Å². The number of benzene rings is 1. The second-order valence-corrected chi connectivity index (χ2v) is 10.4. The van der Waals surface area contributed by atoms with Gasteiger partial charge in [-0.05, 0) is 43.4 Å². The Labute approximate surface area is 208 Å². The highest BCUT2D eigenvalue weighted by Crippen LogP contribution is 2.43. The van der Waals surface area contributed by atoms with E-state index in [0.29, 0.717) is 24.9 Å². The lowest BCUT2D eigenvalue weighted by atomic mass is 10.1. The van der Waals surface area contributed by atoms with Crippen LogP contribution in [0.5, 0.6) is 0 Å². The molecule has 35 heavy (non-hydrogen) atoms. The van der Waals surface area contributed by atoms with Crippen molar-refractivity contribution in [1.82, 2.24) is 15.3 Å². The van der Waals surface area contributed by atoms with Crippen molar-refractivity contribution in [3.8, 4) is 10.4 Å². The maximum atomic E-state index is 12.7. The molecule has 2 N–H and O–H groups in total. The average Bonchev–Trinajstić information content (AvgIpc) is 3.68. The molecule has 0 bridgehead atoms. The van der Waals surface area contributed by atoms with Crippen molar-refractivity contribution in [2.45, 2.75) is 38.0 Å². The fraction of sp³-hybridized carbons (Fsp3) is 0.423. The lowest BCUT2D eigenvalue weighted by molar-refractivity contribution is 0.0955. The minimum absolute atomic E-state index is 0.0207. The third-order valence-electron chi connectivity index (χ3n) is 6.81. The van der Waals surface area contributed by atoms with Crippen LogP contribution in [0.2, 0.25) is 0 Å². The van der Waals surface area contributed by atoms with E-state index in [4.69, 9.17) is 4.74 Å². The fourth-order valence-electron chi connectivity index (χ4n) is 4.78. The number of nitrogens with zero attached hydrogens (tertiary/aromatic N) is 4. The maximum absolute atomic E-state index is 12.7. The van der Waals surface area contributed by atoms with Crippen LogP contribution in [0.4, 0.5) is 11.5 Å². The first-order chi connectivity index (χ1) is 17.2. The molecule has 6 rings (SSSR count). The number of amides is 1. The summed E-state index contributed by atoms with van der Waals surface area (Å²) in [6.07, 6.45) is 4.45. The molecule has 1 saturated heterocycles. The number of aromatic nitrogens is 2. The van der Waals surface area contributed by atoms with Crippen LogP contribution in [-0.4, -0.2) is 59.9 Å². The van der Waals surface area contributed by atoms with E-state index in [1.165, 1.54) is 17.7 Å². The first-order valence-electron chi connectivity index (χ1n) is 12.3. The number of ether oxygens (including phenoxy) is 1. The summed E-state index contributed by atoms with van der Waals surface area (Å²) in [6.45, 7) is 3.69. The van der Waals surface area contributed by atoms with E-state index in [2.05, 4.69) is 26.3 Å². The molecule has 1 unspecified atom stereocenters. The summed E-state index contributed by atoms with van der Waals surface area (Å²) in [5.41, 5.74) is 3.70. The second kappa shape index (κ2) is 9.56. The van der Waals surface area contributed by atoms with Crippen molar-refractivity contribution in [3.05, 3.63) is 58.9 Å². The van der Waals surface area contributed by atoms with Gasteiger partial charge in [0.05, 0.1) is 17.2 Å². The molecule has 8 nitrogen and oxygen atoms in total. The summed E-state index contributed by atoms with van der Waals surface area (Å²) in [7, 11) is 0. The zero-order chi connectivity index (χ0) is 23.8. The van der Waals surface area contributed by atoms with Gasteiger partial charge in [-0.2, -0.15) is 0 Å². The van der Waals surface area contributed by atoms with Gasteiger partial charge < -0.3 is 25.0 Å². The van der Waals surface area contributed by atoms with Crippen LogP contribution in [-0.2, 0) is 11.2 Å². The summed E-state index contributed by atoms with van der Waals surface area (Å²) in [5.74, 6) is 0.834. The van der Waals surface area contributed by atoms with Gasteiger partial charge in [0, 0.05) is 54.5 Å². The first kappa shape index (κ1) is 22.5. The standard InChI is InChI=1S/C26H29N5O3S/c32-25(29-18-6-7-18)22-14-17-8-10-31(21-5-2-1-4-19(21)24(17)35-22)26(33)20-15-23(28-16-27-20)30-9-3-12-34-13-11-30/h1-2,4-5,14-16,18,26,33H,3,6-13H2,(H,29,32). The van der Waals surface area contributed by atoms with Gasteiger partial charge in [0.25, 0.3) is 5.91 Å². The molecule has 3 aromatic rings. The summed E-state index contributed by atoms with van der Waals surface area (Å²) >= 11 is 1.54. The zero-order valence-electron chi connectivity index (χ0n) is 19.5. The van der Waals surface area contributed by atoms with E-state index in [0.717, 1.165) is 77.8 Å².